The van der Waals surface area contributed by atoms with Crippen LogP contribution < -0.4 is 5.32 Å². The van der Waals surface area contributed by atoms with Gasteiger partial charge in [-0.2, -0.15) is 0 Å². The molecule has 3 rings (SSSR count). The second-order valence-electron chi connectivity index (χ2n) is 4.18. The zero-order valence-corrected chi connectivity index (χ0v) is 13.6. The van der Waals surface area contributed by atoms with E-state index in [-0.39, 0.29) is 6.04 Å². The van der Waals surface area contributed by atoms with E-state index in [0.717, 1.165) is 26.9 Å². The SMILES string of the molecule is CCC(Nc1ncnc2nc(SC)sc12)c1cccs1. The number of nitrogens with zero attached hydrogens (tertiary/aromatic N) is 3. The number of thioether (sulfide) groups is 1. The number of hydrogen-bond donors (Lipinski definition) is 1. The third kappa shape index (κ3) is 2.65. The van der Waals surface area contributed by atoms with Crippen molar-refractivity contribution in [2.45, 2.75) is 23.7 Å². The summed E-state index contributed by atoms with van der Waals surface area (Å²) in [6.45, 7) is 2.18. The van der Waals surface area contributed by atoms with E-state index in [4.69, 9.17) is 0 Å². The van der Waals surface area contributed by atoms with Crippen LogP contribution in [0.15, 0.2) is 28.2 Å². The zero-order valence-electron chi connectivity index (χ0n) is 11.2. The van der Waals surface area contributed by atoms with Gasteiger partial charge in [-0.1, -0.05) is 24.8 Å². The second-order valence-corrected chi connectivity index (χ2v) is 7.21. The van der Waals surface area contributed by atoms with Crippen molar-refractivity contribution in [2.75, 3.05) is 11.6 Å². The zero-order chi connectivity index (χ0) is 13.9. The van der Waals surface area contributed by atoms with Gasteiger partial charge in [0.05, 0.1) is 6.04 Å². The molecule has 0 amide bonds. The topological polar surface area (TPSA) is 50.7 Å². The average molecular weight is 322 g/mol. The molecule has 20 heavy (non-hydrogen) atoms. The fourth-order valence-electron chi connectivity index (χ4n) is 1.95. The number of anilines is 1. The van der Waals surface area contributed by atoms with E-state index in [1.165, 1.54) is 4.88 Å². The van der Waals surface area contributed by atoms with Crippen LogP contribution >= 0.6 is 34.4 Å². The van der Waals surface area contributed by atoms with E-state index in [2.05, 4.69) is 44.7 Å². The number of nitrogens with one attached hydrogen (secondary N) is 1. The van der Waals surface area contributed by atoms with Gasteiger partial charge >= 0.3 is 0 Å². The number of rotatable bonds is 5. The van der Waals surface area contributed by atoms with Crippen LogP contribution in [-0.4, -0.2) is 21.2 Å². The van der Waals surface area contributed by atoms with Crippen LogP contribution in [0.4, 0.5) is 5.82 Å². The van der Waals surface area contributed by atoms with E-state index in [1.54, 1.807) is 40.8 Å². The Bertz CT molecular complexity index is 693. The van der Waals surface area contributed by atoms with Crippen LogP contribution in [0.5, 0.6) is 0 Å². The van der Waals surface area contributed by atoms with Crippen LogP contribution in [-0.2, 0) is 0 Å². The minimum absolute atomic E-state index is 0.285. The first kappa shape index (κ1) is 13.8. The number of hydrogen-bond acceptors (Lipinski definition) is 7. The molecule has 4 nitrogen and oxygen atoms in total. The van der Waals surface area contributed by atoms with Gasteiger partial charge in [-0.25, -0.2) is 15.0 Å². The van der Waals surface area contributed by atoms with Gasteiger partial charge in [-0.3, -0.25) is 0 Å². The summed E-state index contributed by atoms with van der Waals surface area (Å²) in [6.07, 6.45) is 4.62. The highest BCUT2D eigenvalue weighted by molar-refractivity contribution is 8.00. The van der Waals surface area contributed by atoms with Crippen molar-refractivity contribution in [1.29, 1.82) is 0 Å². The van der Waals surface area contributed by atoms with Crippen molar-refractivity contribution in [3.05, 3.63) is 28.7 Å². The predicted molar refractivity (Wildman–Crippen MR) is 88.0 cm³/mol. The molecule has 0 spiro atoms. The minimum atomic E-state index is 0.285. The largest absolute Gasteiger partial charge is 0.361 e. The van der Waals surface area contributed by atoms with Crippen molar-refractivity contribution < 1.29 is 0 Å². The first-order valence-electron chi connectivity index (χ1n) is 6.27. The monoisotopic (exact) mass is 322 g/mol. The molecule has 3 heterocycles. The van der Waals surface area contributed by atoms with Gasteiger partial charge in [-0.15, -0.1) is 22.7 Å². The van der Waals surface area contributed by atoms with Crippen LogP contribution in [0.1, 0.15) is 24.3 Å². The van der Waals surface area contributed by atoms with Gasteiger partial charge in [0.1, 0.15) is 16.8 Å². The summed E-state index contributed by atoms with van der Waals surface area (Å²) in [4.78, 5) is 14.4. The Morgan fingerprint density at radius 2 is 2.30 bits per heavy atom. The van der Waals surface area contributed by atoms with Crippen LogP contribution in [0.25, 0.3) is 10.3 Å². The Morgan fingerprint density at radius 3 is 3.00 bits per heavy atom. The Hall–Kier alpha value is -1.18. The molecule has 0 aliphatic carbocycles. The van der Waals surface area contributed by atoms with Gasteiger partial charge in [0, 0.05) is 4.88 Å². The molecule has 3 aromatic heterocycles. The molecule has 0 bridgehead atoms. The Balaban J connectivity index is 1.95. The molecule has 0 aliphatic heterocycles. The molecule has 0 saturated heterocycles. The molecule has 0 saturated carbocycles. The quantitative estimate of drug-likeness (QED) is 0.704. The summed E-state index contributed by atoms with van der Waals surface area (Å²) in [6, 6.07) is 4.52. The number of thiazole rings is 1. The van der Waals surface area contributed by atoms with Crippen molar-refractivity contribution in [3.8, 4) is 0 Å². The Morgan fingerprint density at radius 1 is 1.40 bits per heavy atom. The van der Waals surface area contributed by atoms with Gasteiger partial charge in [0.25, 0.3) is 0 Å². The molecular weight excluding hydrogens is 308 g/mol. The van der Waals surface area contributed by atoms with E-state index in [1.807, 2.05) is 6.26 Å². The average Bonchev–Trinajstić information content (AvgIpc) is 3.13. The van der Waals surface area contributed by atoms with E-state index in [9.17, 15) is 0 Å². The third-order valence-corrected chi connectivity index (χ3v) is 5.97. The third-order valence-electron chi connectivity index (χ3n) is 2.95. The first-order chi connectivity index (χ1) is 9.81. The molecule has 104 valence electrons. The van der Waals surface area contributed by atoms with Gasteiger partial charge in [0.15, 0.2) is 9.99 Å². The maximum atomic E-state index is 4.48. The highest BCUT2D eigenvalue weighted by Crippen LogP contribution is 2.33. The van der Waals surface area contributed by atoms with Crippen molar-refractivity contribution in [1.82, 2.24) is 15.0 Å². The van der Waals surface area contributed by atoms with E-state index < -0.39 is 0 Å². The minimum Gasteiger partial charge on any atom is -0.361 e. The molecule has 0 aliphatic rings. The lowest BCUT2D eigenvalue weighted by atomic mass is 10.2. The summed E-state index contributed by atoms with van der Waals surface area (Å²) in [7, 11) is 0. The molecule has 1 unspecified atom stereocenters. The lowest BCUT2D eigenvalue weighted by Crippen LogP contribution is -2.09. The van der Waals surface area contributed by atoms with Gasteiger partial charge < -0.3 is 5.32 Å². The second kappa shape index (κ2) is 6.07. The summed E-state index contributed by atoms with van der Waals surface area (Å²) < 4.78 is 2.06. The van der Waals surface area contributed by atoms with Gasteiger partial charge in [0.2, 0.25) is 0 Å². The van der Waals surface area contributed by atoms with Crippen LogP contribution in [0, 0.1) is 0 Å². The predicted octanol–water partition coefficient (Wildman–Crippen LogP) is 4.43. The molecule has 0 aromatic carbocycles. The van der Waals surface area contributed by atoms with E-state index >= 15 is 0 Å². The fourth-order valence-corrected chi connectivity index (χ4v) is 4.28. The lowest BCUT2D eigenvalue weighted by Gasteiger charge is -2.16. The summed E-state index contributed by atoms with van der Waals surface area (Å²) >= 11 is 5.05. The summed E-state index contributed by atoms with van der Waals surface area (Å²) in [5.41, 5.74) is 0.776. The number of aromatic nitrogens is 3. The standard InChI is InChI=1S/C13H14N4S3/c1-3-8(9-5-4-6-19-9)16-11-10-12(15-7-14-11)17-13(18-2)20-10/h4-8H,3H2,1-2H3,(H,14,15,16). The Kier molecular flexibility index (Phi) is 4.18. The van der Waals surface area contributed by atoms with Crippen LogP contribution in [0.3, 0.4) is 0 Å². The number of thiophene rings is 1. The maximum Gasteiger partial charge on any atom is 0.176 e. The fraction of sp³-hybridized carbons (Fsp3) is 0.308. The maximum absolute atomic E-state index is 4.48. The highest BCUT2D eigenvalue weighted by atomic mass is 32.2. The molecule has 1 N–H and O–H groups in total. The molecular formula is C13H14N4S3. The molecule has 1 atom stereocenters. The Labute approximate surface area is 129 Å². The number of fused-ring (bicyclic) bond motifs is 1. The van der Waals surface area contributed by atoms with Crippen molar-refractivity contribution >= 4 is 50.6 Å². The molecule has 3 aromatic rings. The summed E-state index contributed by atoms with van der Waals surface area (Å²) in [5, 5.41) is 5.64. The molecule has 0 radical (unpaired) electrons. The van der Waals surface area contributed by atoms with Crippen molar-refractivity contribution in [3.63, 3.8) is 0 Å². The molecule has 7 heteroatoms. The van der Waals surface area contributed by atoms with Crippen LogP contribution in [0.2, 0.25) is 0 Å². The highest BCUT2D eigenvalue weighted by Gasteiger charge is 2.15. The van der Waals surface area contributed by atoms with Crippen molar-refractivity contribution in [2.24, 2.45) is 0 Å². The smallest absolute Gasteiger partial charge is 0.176 e. The molecule has 0 fully saturated rings. The lowest BCUT2D eigenvalue weighted by molar-refractivity contribution is 0.760. The first-order valence-corrected chi connectivity index (χ1v) is 9.19. The van der Waals surface area contributed by atoms with E-state index in [0.29, 0.717) is 0 Å². The normalized spacial score (nSPS) is 12.7. The van der Waals surface area contributed by atoms with Gasteiger partial charge in [-0.05, 0) is 24.1 Å². The summed E-state index contributed by atoms with van der Waals surface area (Å²) in [5.74, 6) is 0.882.